The van der Waals surface area contributed by atoms with Crippen molar-refractivity contribution in [1.29, 1.82) is 0 Å². The standard InChI is InChI=1S/C13H17N5O3S/c1-2-5-15-11(20)8-22-13-17-16-12(9-4-3-6-21-9)18(13)7-10(14)19/h3-4,6H,2,5,7-8H2,1H3,(H2,14,19)(H,15,20). The van der Waals surface area contributed by atoms with E-state index in [1.54, 1.807) is 16.7 Å². The van der Waals surface area contributed by atoms with Crippen molar-refractivity contribution in [2.75, 3.05) is 12.3 Å². The van der Waals surface area contributed by atoms with E-state index in [0.717, 1.165) is 6.42 Å². The third kappa shape index (κ3) is 4.10. The Kier molecular flexibility index (Phi) is 5.59. The van der Waals surface area contributed by atoms with Crippen molar-refractivity contribution in [2.24, 2.45) is 5.73 Å². The van der Waals surface area contributed by atoms with Crippen LogP contribution in [0.5, 0.6) is 0 Å². The van der Waals surface area contributed by atoms with Gasteiger partial charge < -0.3 is 15.5 Å². The van der Waals surface area contributed by atoms with Gasteiger partial charge in [0.15, 0.2) is 10.9 Å². The van der Waals surface area contributed by atoms with Crippen LogP contribution in [0.15, 0.2) is 28.0 Å². The molecule has 2 amide bonds. The molecule has 0 aliphatic rings. The lowest BCUT2D eigenvalue weighted by atomic mass is 10.4. The average Bonchev–Trinajstić information content (AvgIpc) is 3.12. The van der Waals surface area contributed by atoms with Gasteiger partial charge in [0.05, 0.1) is 12.0 Å². The Balaban J connectivity index is 2.13. The molecule has 0 aromatic carbocycles. The molecule has 2 rings (SSSR count). The van der Waals surface area contributed by atoms with E-state index in [1.807, 2.05) is 6.92 Å². The lowest BCUT2D eigenvalue weighted by Crippen LogP contribution is -2.26. The van der Waals surface area contributed by atoms with Crippen molar-refractivity contribution in [3.8, 4) is 11.6 Å². The Bertz CT molecular complexity index is 638. The third-order valence-electron chi connectivity index (χ3n) is 2.68. The second-order valence-electron chi connectivity index (χ2n) is 4.47. The van der Waals surface area contributed by atoms with E-state index in [0.29, 0.717) is 23.3 Å². The maximum Gasteiger partial charge on any atom is 0.237 e. The second-order valence-corrected chi connectivity index (χ2v) is 5.42. The Morgan fingerprint density at radius 2 is 2.27 bits per heavy atom. The zero-order chi connectivity index (χ0) is 15.9. The summed E-state index contributed by atoms with van der Waals surface area (Å²) < 4.78 is 6.81. The van der Waals surface area contributed by atoms with Gasteiger partial charge in [0.1, 0.15) is 6.54 Å². The molecular weight excluding hydrogens is 306 g/mol. The molecule has 0 aliphatic carbocycles. The van der Waals surface area contributed by atoms with Crippen molar-refractivity contribution >= 4 is 23.6 Å². The number of carbonyl (C=O) groups is 2. The number of amides is 2. The van der Waals surface area contributed by atoms with E-state index >= 15 is 0 Å². The van der Waals surface area contributed by atoms with E-state index in [1.165, 1.54) is 18.0 Å². The Labute approximate surface area is 131 Å². The molecule has 0 aliphatic heterocycles. The van der Waals surface area contributed by atoms with E-state index in [9.17, 15) is 9.59 Å². The summed E-state index contributed by atoms with van der Waals surface area (Å²) in [7, 11) is 0. The lowest BCUT2D eigenvalue weighted by Gasteiger charge is -2.07. The molecule has 3 N–H and O–H groups in total. The zero-order valence-electron chi connectivity index (χ0n) is 12.1. The zero-order valence-corrected chi connectivity index (χ0v) is 12.9. The molecule has 0 unspecified atom stereocenters. The van der Waals surface area contributed by atoms with Gasteiger partial charge in [-0.05, 0) is 18.6 Å². The average molecular weight is 323 g/mol. The van der Waals surface area contributed by atoms with Crippen LogP contribution in [-0.2, 0) is 16.1 Å². The van der Waals surface area contributed by atoms with E-state index in [4.69, 9.17) is 10.2 Å². The van der Waals surface area contributed by atoms with Crippen molar-refractivity contribution in [3.63, 3.8) is 0 Å². The number of hydrogen-bond acceptors (Lipinski definition) is 6. The molecule has 2 aromatic rings. The largest absolute Gasteiger partial charge is 0.461 e. The smallest absolute Gasteiger partial charge is 0.237 e. The van der Waals surface area contributed by atoms with Crippen molar-refractivity contribution in [1.82, 2.24) is 20.1 Å². The van der Waals surface area contributed by atoms with Crippen LogP contribution < -0.4 is 11.1 Å². The summed E-state index contributed by atoms with van der Waals surface area (Å²) in [5.74, 6) is 0.455. The SMILES string of the molecule is CCCNC(=O)CSc1nnc(-c2ccco2)n1CC(N)=O. The van der Waals surface area contributed by atoms with Gasteiger partial charge in [0.25, 0.3) is 0 Å². The first-order valence-electron chi connectivity index (χ1n) is 6.76. The first-order chi connectivity index (χ1) is 10.6. The quantitative estimate of drug-likeness (QED) is 0.689. The minimum absolute atomic E-state index is 0.0814. The third-order valence-corrected chi connectivity index (χ3v) is 3.64. The highest BCUT2D eigenvalue weighted by Crippen LogP contribution is 2.24. The van der Waals surface area contributed by atoms with E-state index < -0.39 is 5.91 Å². The number of nitrogens with zero attached hydrogens (tertiary/aromatic N) is 3. The van der Waals surface area contributed by atoms with Crippen LogP contribution in [0.3, 0.4) is 0 Å². The van der Waals surface area contributed by atoms with Gasteiger partial charge in [-0.3, -0.25) is 14.2 Å². The summed E-state index contributed by atoms with van der Waals surface area (Å²) >= 11 is 1.19. The minimum Gasteiger partial charge on any atom is -0.461 e. The molecule has 0 saturated carbocycles. The molecule has 0 saturated heterocycles. The molecule has 2 heterocycles. The van der Waals surface area contributed by atoms with Crippen LogP contribution in [-0.4, -0.2) is 38.9 Å². The molecule has 0 spiro atoms. The van der Waals surface area contributed by atoms with Crippen LogP contribution in [0.25, 0.3) is 11.6 Å². The maximum absolute atomic E-state index is 11.6. The molecule has 118 valence electrons. The summed E-state index contributed by atoms with van der Waals surface area (Å²) in [5.41, 5.74) is 5.26. The summed E-state index contributed by atoms with van der Waals surface area (Å²) in [5, 5.41) is 11.2. The number of nitrogens with one attached hydrogen (secondary N) is 1. The summed E-state index contributed by atoms with van der Waals surface area (Å²) in [6.07, 6.45) is 2.38. The number of hydrogen-bond donors (Lipinski definition) is 2. The molecule has 0 radical (unpaired) electrons. The van der Waals surface area contributed by atoms with E-state index in [-0.39, 0.29) is 18.2 Å². The number of carbonyl (C=O) groups excluding carboxylic acids is 2. The van der Waals surface area contributed by atoms with Crippen LogP contribution in [0.1, 0.15) is 13.3 Å². The molecule has 0 fully saturated rings. The number of nitrogens with two attached hydrogens (primary N) is 1. The van der Waals surface area contributed by atoms with Gasteiger partial charge in [-0.15, -0.1) is 10.2 Å². The molecule has 8 nitrogen and oxygen atoms in total. The fraction of sp³-hybridized carbons (Fsp3) is 0.385. The number of rotatable bonds is 8. The number of thioether (sulfide) groups is 1. The normalized spacial score (nSPS) is 10.6. The Hall–Kier alpha value is -2.29. The van der Waals surface area contributed by atoms with Crippen LogP contribution in [0.4, 0.5) is 0 Å². The lowest BCUT2D eigenvalue weighted by molar-refractivity contribution is -0.119. The predicted molar refractivity (Wildman–Crippen MR) is 80.9 cm³/mol. The molecular formula is C13H17N5O3S. The molecule has 22 heavy (non-hydrogen) atoms. The second kappa shape index (κ2) is 7.64. The summed E-state index contributed by atoms with van der Waals surface area (Å²) in [4.78, 5) is 22.9. The predicted octanol–water partition coefficient (Wildman–Crippen LogP) is 0.642. The summed E-state index contributed by atoms with van der Waals surface area (Å²) in [6, 6.07) is 3.42. The van der Waals surface area contributed by atoms with E-state index in [2.05, 4.69) is 15.5 Å². The highest BCUT2D eigenvalue weighted by Gasteiger charge is 2.18. The van der Waals surface area contributed by atoms with Crippen LogP contribution >= 0.6 is 11.8 Å². The van der Waals surface area contributed by atoms with Crippen molar-refractivity contribution in [2.45, 2.75) is 25.0 Å². The number of furan rings is 1. The van der Waals surface area contributed by atoms with Gasteiger partial charge in [-0.2, -0.15) is 0 Å². The van der Waals surface area contributed by atoms with Gasteiger partial charge in [-0.1, -0.05) is 18.7 Å². The summed E-state index contributed by atoms with van der Waals surface area (Å²) in [6.45, 7) is 2.53. The highest BCUT2D eigenvalue weighted by molar-refractivity contribution is 7.99. The minimum atomic E-state index is -0.523. The van der Waals surface area contributed by atoms with Gasteiger partial charge in [-0.25, -0.2) is 0 Å². The molecule has 2 aromatic heterocycles. The number of aromatic nitrogens is 3. The van der Waals surface area contributed by atoms with Crippen LogP contribution in [0.2, 0.25) is 0 Å². The first-order valence-corrected chi connectivity index (χ1v) is 7.75. The molecule has 0 atom stereocenters. The Morgan fingerprint density at radius 1 is 1.45 bits per heavy atom. The van der Waals surface area contributed by atoms with Crippen LogP contribution in [0, 0.1) is 0 Å². The topological polar surface area (TPSA) is 116 Å². The van der Waals surface area contributed by atoms with Crippen molar-refractivity contribution in [3.05, 3.63) is 18.4 Å². The maximum atomic E-state index is 11.6. The fourth-order valence-electron chi connectivity index (χ4n) is 1.73. The highest BCUT2D eigenvalue weighted by atomic mass is 32.2. The molecule has 0 bridgehead atoms. The first kappa shape index (κ1) is 16.1. The Morgan fingerprint density at radius 3 is 2.91 bits per heavy atom. The molecule has 9 heteroatoms. The monoisotopic (exact) mass is 323 g/mol. The van der Waals surface area contributed by atoms with Gasteiger partial charge in [0.2, 0.25) is 17.6 Å². The van der Waals surface area contributed by atoms with Gasteiger partial charge in [0, 0.05) is 6.54 Å². The van der Waals surface area contributed by atoms with Crippen molar-refractivity contribution < 1.29 is 14.0 Å². The van der Waals surface area contributed by atoms with Gasteiger partial charge >= 0.3 is 0 Å². The number of primary amides is 1. The fourth-order valence-corrected chi connectivity index (χ4v) is 2.50.